The summed E-state index contributed by atoms with van der Waals surface area (Å²) in [6.45, 7) is 7.12. The Morgan fingerprint density at radius 2 is 1.96 bits per heavy atom. The van der Waals surface area contributed by atoms with Gasteiger partial charge in [0.25, 0.3) is 5.91 Å². The zero-order valence-corrected chi connectivity index (χ0v) is 16.6. The maximum atomic E-state index is 12.8. The van der Waals surface area contributed by atoms with Crippen LogP contribution in [0.15, 0.2) is 42.7 Å². The smallest absolute Gasteiger partial charge is 0.254 e. The highest BCUT2D eigenvalue weighted by Gasteiger charge is 2.16. The van der Waals surface area contributed by atoms with Crippen LogP contribution in [0.1, 0.15) is 39.9 Å². The predicted molar refractivity (Wildman–Crippen MR) is 108 cm³/mol. The summed E-state index contributed by atoms with van der Waals surface area (Å²) in [6, 6.07) is 11.4. The summed E-state index contributed by atoms with van der Waals surface area (Å²) in [6.07, 6.45) is 3.65. The van der Waals surface area contributed by atoms with E-state index in [0.717, 1.165) is 29.2 Å². The zero-order valence-electron chi connectivity index (χ0n) is 16.6. The van der Waals surface area contributed by atoms with Gasteiger partial charge in [0.2, 0.25) is 0 Å². The zero-order chi connectivity index (χ0) is 20.3. The molecule has 0 aliphatic carbocycles. The topological polar surface area (TPSA) is 74.8 Å². The van der Waals surface area contributed by atoms with Crippen LogP contribution in [0.5, 0.6) is 0 Å². The van der Waals surface area contributed by atoms with Crippen LogP contribution in [0.25, 0.3) is 11.3 Å². The third-order valence-corrected chi connectivity index (χ3v) is 4.73. The molecule has 0 spiro atoms. The number of imidazole rings is 1. The number of carbonyl (C=O) groups is 1. The molecule has 6 nitrogen and oxygen atoms in total. The lowest BCUT2D eigenvalue weighted by Gasteiger charge is -2.18. The van der Waals surface area contributed by atoms with Gasteiger partial charge in [-0.1, -0.05) is 12.1 Å². The van der Waals surface area contributed by atoms with E-state index in [-0.39, 0.29) is 5.91 Å². The number of aromatic nitrogens is 3. The molecule has 0 radical (unpaired) electrons. The highest BCUT2D eigenvalue weighted by atomic mass is 16.2. The van der Waals surface area contributed by atoms with Gasteiger partial charge in [0.1, 0.15) is 11.9 Å². The minimum Gasteiger partial charge on any atom is -0.334 e. The summed E-state index contributed by atoms with van der Waals surface area (Å²) in [5.41, 5.74) is 4.38. The SMILES string of the molecule is CCn1ccnc1CN(C)C(=O)c1ccc(-c2nc(C)cc(C)c2C#N)cc1. The Morgan fingerprint density at radius 1 is 1.25 bits per heavy atom. The van der Waals surface area contributed by atoms with Gasteiger partial charge in [-0.05, 0) is 44.5 Å². The molecule has 0 saturated heterocycles. The summed E-state index contributed by atoms with van der Waals surface area (Å²) in [4.78, 5) is 23.3. The molecular weight excluding hydrogens is 350 g/mol. The quantitative estimate of drug-likeness (QED) is 0.683. The van der Waals surface area contributed by atoms with Gasteiger partial charge in [-0.2, -0.15) is 5.26 Å². The van der Waals surface area contributed by atoms with Gasteiger partial charge in [0, 0.05) is 42.8 Å². The van der Waals surface area contributed by atoms with Gasteiger partial charge in [-0.3, -0.25) is 9.78 Å². The number of benzene rings is 1. The highest BCUT2D eigenvalue weighted by Crippen LogP contribution is 2.25. The fourth-order valence-corrected chi connectivity index (χ4v) is 3.24. The van der Waals surface area contributed by atoms with Crippen molar-refractivity contribution in [1.29, 1.82) is 5.26 Å². The molecule has 0 fully saturated rings. The number of nitrogens with zero attached hydrogens (tertiary/aromatic N) is 5. The Bertz CT molecular complexity index is 1040. The molecule has 0 aliphatic heterocycles. The first-order valence-electron chi connectivity index (χ1n) is 9.18. The fraction of sp³-hybridized carbons (Fsp3) is 0.273. The van der Waals surface area contributed by atoms with Gasteiger partial charge >= 0.3 is 0 Å². The first kappa shape index (κ1) is 19.3. The molecule has 28 heavy (non-hydrogen) atoms. The van der Waals surface area contributed by atoms with Crippen molar-refractivity contribution in [2.45, 2.75) is 33.9 Å². The molecule has 0 saturated carbocycles. The molecule has 0 aliphatic rings. The van der Waals surface area contributed by atoms with Crippen molar-refractivity contribution in [2.75, 3.05) is 7.05 Å². The van der Waals surface area contributed by atoms with Crippen LogP contribution in [0.2, 0.25) is 0 Å². The van der Waals surface area contributed by atoms with Crippen molar-refractivity contribution < 1.29 is 4.79 Å². The molecule has 0 bridgehead atoms. The Labute approximate surface area is 165 Å². The van der Waals surface area contributed by atoms with E-state index in [2.05, 4.69) is 16.0 Å². The fourth-order valence-electron chi connectivity index (χ4n) is 3.24. The van der Waals surface area contributed by atoms with Crippen LogP contribution in [0.4, 0.5) is 0 Å². The van der Waals surface area contributed by atoms with Crippen molar-refractivity contribution in [3.8, 4) is 17.3 Å². The number of rotatable bonds is 5. The minimum atomic E-state index is -0.0777. The van der Waals surface area contributed by atoms with Gasteiger partial charge < -0.3 is 9.47 Å². The largest absolute Gasteiger partial charge is 0.334 e. The second-order valence-electron chi connectivity index (χ2n) is 6.78. The first-order chi connectivity index (χ1) is 13.4. The van der Waals surface area contributed by atoms with E-state index in [9.17, 15) is 10.1 Å². The van der Waals surface area contributed by atoms with E-state index in [0.29, 0.717) is 23.4 Å². The average molecular weight is 373 g/mol. The average Bonchev–Trinajstić information content (AvgIpc) is 3.14. The summed E-state index contributed by atoms with van der Waals surface area (Å²) < 4.78 is 2.02. The third kappa shape index (κ3) is 3.79. The van der Waals surface area contributed by atoms with Gasteiger partial charge in [0.15, 0.2) is 0 Å². The number of pyridine rings is 1. The van der Waals surface area contributed by atoms with Crippen molar-refractivity contribution in [1.82, 2.24) is 19.4 Å². The number of amides is 1. The van der Waals surface area contributed by atoms with Crippen LogP contribution in [0.3, 0.4) is 0 Å². The van der Waals surface area contributed by atoms with Crippen LogP contribution in [-0.4, -0.2) is 32.4 Å². The van der Waals surface area contributed by atoms with Crippen LogP contribution >= 0.6 is 0 Å². The highest BCUT2D eigenvalue weighted by molar-refractivity contribution is 5.94. The number of nitriles is 1. The lowest BCUT2D eigenvalue weighted by Crippen LogP contribution is -2.27. The molecule has 0 N–H and O–H groups in total. The van der Waals surface area contributed by atoms with E-state index in [1.165, 1.54) is 0 Å². The number of hydrogen-bond acceptors (Lipinski definition) is 4. The Balaban J connectivity index is 1.83. The maximum Gasteiger partial charge on any atom is 0.254 e. The van der Waals surface area contributed by atoms with E-state index in [4.69, 9.17) is 0 Å². The Hall–Kier alpha value is -3.46. The molecule has 3 rings (SSSR count). The molecule has 6 heteroatoms. The van der Waals surface area contributed by atoms with Crippen LogP contribution in [-0.2, 0) is 13.1 Å². The number of carbonyl (C=O) groups excluding carboxylic acids is 1. The molecule has 2 aromatic heterocycles. The second kappa shape index (κ2) is 8.05. The lowest BCUT2D eigenvalue weighted by atomic mass is 10.0. The molecule has 2 heterocycles. The molecule has 1 amide bonds. The van der Waals surface area contributed by atoms with Crippen molar-refractivity contribution >= 4 is 5.91 Å². The van der Waals surface area contributed by atoms with Crippen LogP contribution < -0.4 is 0 Å². The molecule has 3 aromatic rings. The maximum absolute atomic E-state index is 12.8. The second-order valence-corrected chi connectivity index (χ2v) is 6.78. The molecular formula is C22H23N5O. The van der Waals surface area contributed by atoms with Crippen molar-refractivity contribution in [3.05, 3.63) is 70.9 Å². The lowest BCUT2D eigenvalue weighted by molar-refractivity contribution is 0.0780. The first-order valence-corrected chi connectivity index (χ1v) is 9.18. The van der Waals surface area contributed by atoms with Crippen LogP contribution in [0, 0.1) is 25.2 Å². The normalized spacial score (nSPS) is 10.5. The summed E-state index contributed by atoms with van der Waals surface area (Å²) in [7, 11) is 1.77. The van der Waals surface area contributed by atoms with Gasteiger partial charge in [-0.15, -0.1) is 0 Å². The monoisotopic (exact) mass is 373 g/mol. The molecule has 0 unspecified atom stereocenters. The summed E-state index contributed by atoms with van der Waals surface area (Å²) >= 11 is 0. The Kier molecular flexibility index (Phi) is 5.55. The number of aryl methyl sites for hydroxylation is 3. The predicted octanol–water partition coefficient (Wildman–Crippen LogP) is 3.73. The minimum absolute atomic E-state index is 0.0777. The summed E-state index contributed by atoms with van der Waals surface area (Å²) in [5, 5.41) is 9.47. The standard InChI is InChI=1S/C22H23N5O/c1-5-27-11-10-24-20(27)14-26(4)22(28)18-8-6-17(7-9-18)21-19(13-23)15(2)12-16(3)25-21/h6-12H,5,14H2,1-4H3. The van der Waals surface area contributed by atoms with E-state index >= 15 is 0 Å². The van der Waals surface area contributed by atoms with Gasteiger partial charge in [0.05, 0.1) is 17.8 Å². The van der Waals surface area contributed by atoms with E-state index < -0.39 is 0 Å². The van der Waals surface area contributed by atoms with E-state index in [1.807, 2.05) is 49.7 Å². The third-order valence-electron chi connectivity index (χ3n) is 4.73. The molecule has 142 valence electrons. The Morgan fingerprint density at radius 3 is 2.61 bits per heavy atom. The number of hydrogen-bond donors (Lipinski definition) is 0. The molecule has 1 aromatic carbocycles. The molecule has 0 atom stereocenters. The van der Waals surface area contributed by atoms with Crippen molar-refractivity contribution in [2.24, 2.45) is 0 Å². The van der Waals surface area contributed by atoms with Gasteiger partial charge in [-0.25, -0.2) is 4.98 Å². The summed E-state index contributed by atoms with van der Waals surface area (Å²) in [5.74, 6) is 0.777. The van der Waals surface area contributed by atoms with E-state index in [1.54, 1.807) is 30.3 Å². The van der Waals surface area contributed by atoms with Crippen molar-refractivity contribution in [3.63, 3.8) is 0 Å².